The summed E-state index contributed by atoms with van der Waals surface area (Å²) in [6.07, 6.45) is 0. The van der Waals surface area contributed by atoms with Crippen LogP contribution < -0.4 is 5.73 Å². The van der Waals surface area contributed by atoms with Gasteiger partial charge in [0.2, 0.25) is 5.24 Å². The number of hydrogen-bond donors (Lipinski definition) is 1. The molecule has 0 aliphatic heterocycles. The standard InChI is InChI=1S/C3H6ClNO.ClH/c1-2(5)3(4)6;/h2H,5H2,1H3;1H. The quantitative estimate of drug-likeness (QED) is 0.545. The molecule has 0 fully saturated rings. The molecule has 0 aromatic rings. The van der Waals surface area contributed by atoms with Gasteiger partial charge in [0.15, 0.2) is 0 Å². The van der Waals surface area contributed by atoms with Crippen molar-refractivity contribution in [2.45, 2.75) is 13.0 Å². The van der Waals surface area contributed by atoms with Crippen LogP contribution in [0.4, 0.5) is 0 Å². The van der Waals surface area contributed by atoms with Crippen LogP contribution in [0, 0.1) is 0 Å². The Bertz CT molecular complexity index is 64.0. The van der Waals surface area contributed by atoms with E-state index in [1.807, 2.05) is 0 Å². The number of carbonyl (C=O) groups is 1. The minimum absolute atomic E-state index is 0. The van der Waals surface area contributed by atoms with Crippen molar-refractivity contribution >= 4 is 29.3 Å². The maximum Gasteiger partial charge on any atom is 0.238 e. The lowest BCUT2D eigenvalue weighted by molar-refractivity contribution is -0.112. The largest absolute Gasteiger partial charge is 0.321 e. The van der Waals surface area contributed by atoms with Crippen molar-refractivity contribution in [2.24, 2.45) is 5.73 Å². The molecule has 0 saturated carbocycles. The lowest BCUT2D eigenvalue weighted by Gasteiger charge is -1.89. The van der Waals surface area contributed by atoms with Crippen LogP contribution in [0.3, 0.4) is 0 Å². The number of hydrogen-bond acceptors (Lipinski definition) is 2. The Balaban J connectivity index is 0. The molecule has 0 heterocycles. The highest BCUT2D eigenvalue weighted by Gasteiger charge is 1.98. The Morgan fingerprint density at radius 1 is 1.86 bits per heavy atom. The number of halogens is 2. The fourth-order valence-corrected chi connectivity index (χ4v) is 0. The Hall–Kier alpha value is 0.210. The van der Waals surface area contributed by atoms with Gasteiger partial charge in [-0.05, 0) is 18.5 Å². The summed E-state index contributed by atoms with van der Waals surface area (Å²) in [6, 6.07) is -0.522. The van der Waals surface area contributed by atoms with E-state index in [9.17, 15) is 4.79 Å². The first-order chi connectivity index (χ1) is 2.64. The van der Waals surface area contributed by atoms with E-state index in [1.54, 1.807) is 0 Å². The van der Waals surface area contributed by atoms with E-state index in [4.69, 9.17) is 17.3 Å². The maximum atomic E-state index is 9.78. The summed E-state index contributed by atoms with van der Waals surface area (Å²) in [5.41, 5.74) is 4.95. The second-order valence-electron chi connectivity index (χ2n) is 1.09. The highest BCUT2D eigenvalue weighted by molar-refractivity contribution is 6.64. The van der Waals surface area contributed by atoms with Crippen LogP contribution in [0.2, 0.25) is 0 Å². The average Bonchev–Trinajstić information content (AvgIpc) is 1.36. The summed E-state index contributed by atoms with van der Waals surface area (Å²) in [5, 5.41) is -0.491. The molecule has 2 N–H and O–H groups in total. The molecule has 0 aliphatic rings. The minimum Gasteiger partial charge on any atom is -0.321 e. The zero-order valence-corrected chi connectivity index (χ0v) is 5.42. The predicted octanol–water partition coefficient (Wildman–Crippen LogP) is 0.521. The van der Waals surface area contributed by atoms with Gasteiger partial charge in [0.05, 0.1) is 6.04 Å². The first kappa shape index (κ1) is 10.2. The van der Waals surface area contributed by atoms with E-state index in [2.05, 4.69) is 0 Å². The van der Waals surface area contributed by atoms with Gasteiger partial charge in [-0.25, -0.2) is 0 Å². The molecule has 7 heavy (non-hydrogen) atoms. The van der Waals surface area contributed by atoms with Crippen LogP contribution in [0.1, 0.15) is 6.92 Å². The van der Waals surface area contributed by atoms with Crippen molar-refractivity contribution in [2.75, 3.05) is 0 Å². The Morgan fingerprint density at radius 3 is 2.00 bits per heavy atom. The third kappa shape index (κ3) is 6.21. The van der Waals surface area contributed by atoms with Gasteiger partial charge >= 0.3 is 0 Å². The van der Waals surface area contributed by atoms with Crippen LogP contribution in [0.15, 0.2) is 0 Å². The van der Waals surface area contributed by atoms with Gasteiger partial charge < -0.3 is 5.73 Å². The van der Waals surface area contributed by atoms with Crippen molar-refractivity contribution in [3.05, 3.63) is 0 Å². The van der Waals surface area contributed by atoms with Gasteiger partial charge in [-0.15, -0.1) is 12.4 Å². The van der Waals surface area contributed by atoms with Gasteiger partial charge in [0.25, 0.3) is 0 Å². The van der Waals surface area contributed by atoms with Gasteiger partial charge in [0, 0.05) is 0 Å². The van der Waals surface area contributed by atoms with Gasteiger partial charge in [0.1, 0.15) is 0 Å². The summed E-state index contributed by atoms with van der Waals surface area (Å²) in [7, 11) is 0. The molecule has 0 bridgehead atoms. The molecule has 0 rings (SSSR count). The van der Waals surface area contributed by atoms with Crippen LogP contribution in [0.5, 0.6) is 0 Å². The molecule has 4 heteroatoms. The lowest BCUT2D eigenvalue weighted by Crippen LogP contribution is -2.21. The van der Waals surface area contributed by atoms with Crippen molar-refractivity contribution in [3.8, 4) is 0 Å². The number of rotatable bonds is 1. The molecule has 1 atom stereocenters. The van der Waals surface area contributed by atoms with Crippen molar-refractivity contribution in [1.82, 2.24) is 0 Å². The topological polar surface area (TPSA) is 43.1 Å². The fourth-order valence-electron chi connectivity index (χ4n) is 0. The first-order valence-electron chi connectivity index (χ1n) is 1.59. The molecule has 0 radical (unpaired) electrons. The second-order valence-corrected chi connectivity index (χ2v) is 1.47. The molecule has 0 amide bonds. The molecule has 1 unspecified atom stereocenters. The van der Waals surface area contributed by atoms with Crippen LogP contribution >= 0.6 is 24.0 Å². The van der Waals surface area contributed by atoms with E-state index in [0.29, 0.717) is 0 Å². The highest BCUT2D eigenvalue weighted by Crippen LogP contribution is 1.81. The number of carbonyl (C=O) groups excluding carboxylic acids is 1. The molecule has 0 saturated heterocycles. The van der Waals surface area contributed by atoms with Crippen molar-refractivity contribution in [3.63, 3.8) is 0 Å². The van der Waals surface area contributed by atoms with Gasteiger partial charge in [-0.1, -0.05) is 0 Å². The fraction of sp³-hybridized carbons (Fsp3) is 0.667. The van der Waals surface area contributed by atoms with E-state index >= 15 is 0 Å². The highest BCUT2D eigenvalue weighted by atomic mass is 35.5. The summed E-state index contributed by atoms with van der Waals surface area (Å²) >= 11 is 4.85. The average molecular weight is 144 g/mol. The molecule has 0 aliphatic carbocycles. The van der Waals surface area contributed by atoms with Crippen LogP contribution in [0.25, 0.3) is 0 Å². The van der Waals surface area contributed by atoms with Crippen molar-refractivity contribution in [1.29, 1.82) is 0 Å². The molecule has 0 spiro atoms. The van der Waals surface area contributed by atoms with E-state index in [1.165, 1.54) is 6.92 Å². The molecular formula is C3H7Cl2NO. The maximum absolute atomic E-state index is 9.78. The predicted molar refractivity (Wildman–Crippen MR) is 31.8 cm³/mol. The van der Waals surface area contributed by atoms with Gasteiger partial charge in [-0.2, -0.15) is 0 Å². The zero-order chi connectivity index (χ0) is 5.15. The number of nitrogens with two attached hydrogens (primary N) is 1. The lowest BCUT2D eigenvalue weighted by atomic mass is 10.4. The normalized spacial score (nSPS) is 11.9. The third-order valence-electron chi connectivity index (χ3n) is 0.358. The Labute approximate surface area is 53.4 Å². The summed E-state index contributed by atoms with van der Waals surface area (Å²) in [4.78, 5) is 9.78. The monoisotopic (exact) mass is 143 g/mol. The molecular weight excluding hydrogens is 137 g/mol. The summed E-state index contributed by atoms with van der Waals surface area (Å²) in [5.74, 6) is 0. The molecule has 0 aromatic heterocycles. The Morgan fingerprint density at radius 2 is 2.00 bits per heavy atom. The first-order valence-corrected chi connectivity index (χ1v) is 1.97. The van der Waals surface area contributed by atoms with Crippen LogP contribution in [-0.2, 0) is 4.79 Å². The van der Waals surface area contributed by atoms with E-state index < -0.39 is 11.3 Å². The zero-order valence-electron chi connectivity index (χ0n) is 3.85. The van der Waals surface area contributed by atoms with E-state index in [-0.39, 0.29) is 12.4 Å². The smallest absolute Gasteiger partial charge is 0.238 e. The third-order valence-corrected chi connectivity index (χ3v) is 0.702. The second kappa shape index (κ2) is 4.37. The molecule has 0 aromatic carbocycles. The Kier molecular flexibility index (Phi) is 6.40. The van der Waals surface area contributed by atoms with Crippen molar-refractivity contribution < 1.29 is 4.79 Å². The van der Waals surface area contributed by atoms with Crippen LogP contribution in [-0.4, -0.2) is 11.3 Å². The van der Waals surface area contributed by atoms with E-state index in [0.717, 1.165) is 0 Å². The molecule has 44 valence electrons. The summed E-state index contributed by atoms with van der Waals surface area (Å²) < 4.78 is 0. The SMILES string of the molecule is CC(N)C(=O)Cl.Cl. The molecule has 2 nitrogen and oxygen atoms in total. The van der Waals surface area contributed by atoms with Gasteiger partial charge in [-0.3, -0.25) is 4.79 Å². The summed E-state index contributed by atoms with van der Waals surface area (Å²) in [6.45, 7) is 1.54. The minimum atomic E-state index is -0.522.